The van der Waals surface area contributed by atoms with Gasteiger partial charge in [0.05, 0.1) is 0 Å². The third-order valence-corrected chi connectivity index (χ3v) is 7.91. The molecule has 0 radical (unpaired) electrons. The topological polar surface area (TPSA) is 9.23 Å². The molecule has 0 amide bonds. The molecule has 28 heavy (non-hydrogen) atoms. The van der Waals surface area contributed by atoms with Crippen LogP contribution in [-0.4, -0.2) is 6.36 Å². The Labute approximate surface area is 167 Å². The van der Waals surface area contributed by atoms with Crippen molar-refractivity contribution in [3.8, 4) is 5.75 Å². The second-order valence-electron chi connectivity index (χ2n) is 9.45. The first-order valence-electron chi connectivity index (χ1n) is 11.3. The Kier molecular flexibility index (Phi) is 6.22. The molecule has 0 saturated heterocycles. The fourth-order valence-electron chi connectivity index (χ4n) is 6.38. The van der Waals surface area contributed by atoms with Crippen molar-refractivity contribution in [2.45, 2.75) is 89.3 Å². The van der Waals surface area contributed by atoms with Gasteiger partial charge in [-0.15, -0.1) is 13.2 Å². The number of rotatable bonds is 4. The summed E-state index contributed by atoms with van der Waals surface area (Å²) in [6.07, 6.45) is 11.9. The highest BCUT2D eigenvalue weighted by atomic mass is 19.4. The molecule has 156 valence electrons. The van der Waals surface area contributed by atoms with Gasteiger partial charge in [-0.1, -0.05) is 37.8 Å². The van der Waals surface area contributed by atoms with Crippen molar-refractivity contribution < 1.29 is 17.9 Å². The van der Waals surface area contributed by atoms with Crippen LogP contribution in [0.25, 0.3) is 0 Å². The van der Waals surface area contributed by atoms with Crippen LogP contribution in [0.2, 0.25) is 0 Å². The van der Waals surface area contributed by atoms with Gasteiger partial charge in [-0.3, -0.25) is 0 Å². The van der Waals surface area contributed by atoms with Crippen LogP contribution in [-0.2, 0) is 0 Å². The number of ether oxygens (including phenoxy) is 1. The first-order valence-corrected chi connectivity index (χ1v) is 11.3. The Hall–Kier alpha value is -1.19. The van der Waals surface area contributed by atoms with Gasteiger partial charge in [0.1, 0.15) is 5.75 Å². The molecule has 4 heteroatoms. The summed E-state index contributed by atoms with van der Waals surface area (Å²) in [4.78, 5) is 0. The first kappa shape index (κ1) is 20.1. The largest absolute Gasteiger partial charge is 0.573 e. The van der Waals surface area contributed by atoms with Gasteiger partial charge in [0, 0.05) is 0 Å². The summed E-state index contributed by atoms with van der Waals surface area (Å²) in [6, 6.07) is 6.55. The lowest BCUT2D eigenvalue weighted by Crippen LogP contribution is -2.27. The Morgan fingerprint density at radius 2 is 1.04 bits per heavy atom. The first-order chi connectivity index (χ1) is 13.5. The van der Waals surface area contributed by atoms with Crippen molar-refractivity contribution in [1.29, 1.82) is 0 Å². The minimum atomic E-state index is -4.61. The molecule has 3 saturated carbocycles. The summed E-state index contributed by atoms with van der Waals surface area (Å²) < 4.78 is 40.9. The molecule has 3 aliphatic carbocycles. The van der Waals surface area contributed by atoms with Crippen LogP contribution in [0.4, 0.5) is 13.2 Å². The molecule has 0 spiro atoms. The van der Waals surface area contributed by atoms with E-state index in [1.807, 2.05) is 12.1 Å². The van der Waals surface area contributed by atoms with Gasteiger partial charge in [0.15, 0.2) is 0 Å². The van der Waals surface area contributed by atoms with E-state index in [1.54, 1.807) is 0 Å². The lowest BCUT2D eigenvalue weighted by Gasteiger charge is -2.39. The van der Waals surface area contributed by atoms with Gasteiger partial charge in [0.25, 0.3) is 0 Å². The van der Waals surface area contributed by atoms with Gasteiger partial charge < -0.3 is 4.74 Å². The maximum Gasteiger partial charge on any atom is 0.573 e. The summed E-state index contributed by atoms with van der Waals surface area (Å²) in [7, 11) is 0. The minimum Gasteiger partial charge on any atom is -0.406 e. The SMILES string of the molecule is FC(F)(F)Oc1ccc(C2CCC(C3CCC(C4CCCC4)CC3)CC2)cc1. The van der Waals surface area contributed by atoms with Crippen molar-refractivity contribution >= 4 is 0 Å². The summed E-state index contributed by atoms with van der Waals surface area (Å²) >= 11 is 0. The second kappa shape index (κ2) is 8.67. The predicted octanol–water partition coefficient (Wildman–Crippen LogP) is 7.86. The number of alkyl halides is 3. The molecule has 1 nitrogen and oxygen atoms in total. The standard InChI is InChI=1S/C24H33F3O/c25-24(26,27)28-23-15-13-22(14-16-23)21-11-9-20(10-12-21)19-7-5-18(6-8-19)17-3-1-2-4-17/h13-21H,1-12H2. The Bertz CT molecular complexity index is 602. The zero-order valence-electron chi connectivity index (χ0n) is 16.7. The van der Waals surface area contributed by atoms with Crippen molar-refractivity contribution in [2.75, 3.05) is 0 Å². The third kappa shape index (κ3) is 5.04. The summed E-state index contributed by atoms with van der Waals surface area (Å²) in [5, 5.41) is 0. The molecular weight excluding hydrogens is 361 g/mol. The van der Waals surface area contributed by atoms with Gasteiger partial charge >= 0.3 is 6.36 Å². The number of halogens is 3. The maximum absolute atomic E-state index is 12.3. The van der Waals surface area contributed by atoms with Gasteiger partial charge in [0.2, 0.25) is 0 Å². The van der Waals surface area contributed by atoms with E-state index in [2.05, 4.69) is 4.74 Å². The van der Waals surface area contributed by atoms with Crippen LogP contribution < -0.4 is 4.74 Å². The van der Waals surface area contributed by atoms with Crippen LogP contribution in [0, 0.1) is 23.7 Å². The fourth-order valence-corrected chi connectivity index (χ4v) is 6.38. The highest BCUT2D eigenvalue weighted by Gasteiger charge is 2.34. The van der Waals surface area contributed by atoms with E-state index < -0.39 is 6.36 Å². The van der Waals surface area contributed by atoms with Crippen molar-refractivity contribution in [3.63, 3.8) is 0 Å². The predicted molar refractivity (Wildman–Crippen MR) is 105 cm³/mol. The smallest absolute Gasteiger partial charge is 0.406 e. The Balaban J connectivity index is 1.23. The summed E-state index contributed by atoms with van der Waals surface area (Å²) in [5.74, 6) is 4.19. The zero-order valence-corrected chi connectivity index (χ0v) is 16.7. The van der Waals surface area contributed by atoms with Crippen molar-refractivity contribution in [1.82, 2.24) is 0 Å². The molecule has 0 N–H and O–H groups in total. The molecule has 0 atom stereocenters. The van der Waals surface area contributed by atoms with Crippen molar-refractivity contribution in [2.24, 2.45) is 23.7 Å². The highest BCUT2D eigenvalue weighted by molar-refractivity contribution is 5.29. The van der Waals surface area contributed by atoms with Crippen LogP contribution >= 0.6 is 0 Å². The van der Waals surface area contributed by atoms with Gasteiger partial charge in [-0.2, -0.15) is 0 Å². The third-order valence-electron chi connectivity index (χ3n) is 7.91. The van der Waals surface area contributed by atoms with Crippen molar-refractivity contribution in [3.05, 3.63) is 29.8 Å². The summed E-state index contributed by atoms with van der Waals surface area (Å²) in [5.41, 5.74) is 1.16. The van der Waals surface area contributed by atoms with E-state index in [1.165, 1.54) is 89.2 Å². The minimum absolute atomic E-state index is 0.121. The molecule has 1 aromatic carbocycles. The second-order valence-corrected chi connectivity index (χ2v) is 9.45. The zero-order chi connectivity index (χ0) is 19.6. The van der Waals surface area contributed by atoms with E-state index in [4.69, 9.17) is 0 Å². The van der Waals surface area contributed by atoms with Gasteiger partial charge in [-0.05, 0) is 98.7 Å². The summed E-state index contributed by atoms with van der Waals surface area (Å²) in [6.45, 7) is 0. The average molecular weight is 395 g/mol. The van der Waals surface area contributed by atoms with Gasteiger partial charge in [-0.25, -0.2) is 0 Å². The van der Waals surface area contributed by atoms with E-state index in [9.17, 15) is 13.2 Å². The number of hydrogen-bond acceptors (Lipinski definition) is 1. The highest BCUT2D eigenvalue weighted by Crippen LogP contribution is 2.47. The Morgan fingerprint density at radius 3 is 1.50 bits per heavy atom. The molecule has 0 bridgehead atoms. The number of benzene rings is 1. The molecule has 1 aromatic rings. The molecule has 0 aliphatic heterocycles. The molecule has 0 heterocycles. The fraction of sp³-hybridized carbons (Fsp3) is 0.750. The van der Waals surface area contributed by atoms with E-state index in [0.29, 0.717) is 5.92 Å². The van der Waals surface area contributed by atoms with Crippen LogP contribution in [0.5, 0.6) is 5.75 Å². The lowest BCUT2D eigenvalue weighted by atomic mass is 9.66. The normalized spacial score (nSPS) is 32.4. The van der Waals surface area contributed by atoms with Crippen LogP contribution in [0.3, 0.4) is 0 Å². The van der Waals surface area contributed by atoms with E-state index in [0.717, 1.165) is 29.2 Å². The van der Waals surface area contributed by atoms with E-state index >= 15 is 0 Å². The van der Waals surface area contributed by atoms with Crippen LogP contribution in [0.1, 0.15) is 88.5 Å². The lowest BCUT2D eigenvalue weighted by molar-refractivity contribution is -0.274. The quantitative estimate of drug-likeness (QED) is 0.505. The molecule has 3 fully saturated rings. The Morgan fingerprint density at radius 1 is 0.607 bits per heavy atom. The molecule has 4 rings (SSSR count). The van der Waals surface area contributed by atoms with Crippen LogP contribution in [0.15, 0.2) is 24.3 Å². The molecule has 0 unspecified atom stereocenters. The molecule has 3 aliphatic rings. The average Bonchev–Trinajstić information content (AvgIpc) is 3.23. The molecule has 0 aromatic heterocycles. The number of hydrogen-bond donors (Lipinski definition) is 0. The van der Waals surface area contributed by atoms with E-state index in [-0.39, 0.29) is 5.75 Å². The maximum atomic E-state index is 12.3. The molecular formula is C24H33F3O. The monoisotopic (exact) mass is 394 g/mol.